The molecule has 7 nitrogen and oxygen atoms in total. The molecule has 1 aromatic carbocycles. The smallest absolute Gasteiger partial charge is 0.383 e. The Kier molecular flexibility index (Phi) is 4.65. The fraction of sp³-hybridized carbons (Fsp3) is 0.462. The number of carbonyl (C=O) groups is 1. The van der Waals surface area contributed by atoms with Gasteiger partial charge in [0, 0.05) is 0 Å². The molecule has 3 aliphatic heterocycles. The number of hydrogen-bond acceptors (Lipinski definition) is 6. The van der Waals surface area contributed by atoms with Gasteiger partial charge in [-0.15, -0.1) is 0 Å². The lowest BCUT2D eigenvalue weighted by Gasteiger charge is -2.16. The first-order valence-electron chi connectivity index (χ1n) is 6.41. The molecule has 4 rings (SSSR count). The molecule has 3 aliphatic rings. The minimum Gasteiger partial charge on any atom is -0.393 e. The number of nitro groups is 1. The molecule has 1 unspecified atom stereocenters. The number of esters is 1. The maximum atomic E-state index is 11.1. The molecule has 1 fully saturated rings. The van der Waals surface area contributed by atoms with Gasteiger partial charge >= 0.3 is 12.2 Å². The van der Waals surface area contributed by atoms with Gasteiger partial charge in [0.1, 0.15) is 0 Å². The van der Waals surface area contributed by atoms with E-state index in [-0.39, 0.29) is 6.10 Å². The van der Waals surface area contributed by atoms with E-state index in [0.29, 0.717) is 11.1 Å². The lowest BCUT2D eigenvalue weighted by molar-refractivity contribution is -0.574. The van der Waals surface area contributed by atoms with Gasteiger partial charge in [-0.2, -0.15) is 0 Å². The van der Waals surface area contributed by atoms with Gasteiger partial charge in [-0.1, -0.05) is 0 Å². The van der Waals surface area contributed by atoms with E-state index in [1.165, 1.54) is 24.3 Å². The van der Waals surface area contributed by atoms with Crippen molar-refractivity contribution in [1.82, 2.24) is 5.32 Å². The molecular formula is C13H16N2O5. The average Bonchev–Trinajstić information content (AvgIpc) is 2.70. The second-order valence-electron chi connectivity index (χ2n) is 4.65. The highest BCUT2D eigenvalue weighted by molar-refractivity contribution is 5.90. The quantitative estimate of drug-likeness (QED) is 0.449. The highest BCUT2D eigenvalue weighted by Gasteiger charge is 2.30. The Bertz CT molecular complexity index is 482. The van der Waals surface area contributed by atoms with Crippen LogP contribution in [-0.4, -0.2) is 35.2 Å². The van der Waals surface area contributed by atoms with Gasteiger partial charge in [-0.25, -0.2) is 4.79 Å². The summed E-state index contributed by atoms with van der Waals surface area (Å²) in [5, 5.41) is 22.5. The number of aliphatic hydroxyl groups is 1. The van der Waals surface area contributed by atoms with E-state index in [9.17, 15) is 14.9 Å². The first-order valence-corrected chi connectivity index (χ1v) is 6.41. The highest BCUT2D eigenvalue weighted by Crippen LogP contribution is 2.24. The lowest BCUT2D eigenvalue weighted by atomic mass is 10.1. The third-order valence-electron chi connectivity index (χ3n) is 3.15. The summed E-state index contributed by atoms with van der Waals surface area (Å²) in [5.74, 6) is -0.651. The Balaban J connectivity index is 0.000000178. The van der Waals surface area contributed by atoms with Crippen molar-refractivity contribution >= 4 is 5.97 Å². The molecule has 0 aromatic heterocycles. The first-order chi connectivity index (χ1) is 9.58. The molecule has 1 saturated heterocycles. The zero-order valence-electron chi connectivity index (χ0n) is 10.8. The molecule has 0 spiro atoms. The van der Waals surface area contributed by atoms with Gasteiger partial charge < -0.3 is 15.2 Å². The van der Waals surface area contributed by atoms with Crippen molar-refractivity contribution < 1.29 is 19.6 Å². The van der Waals surface area contributed by atoms with Crippen LogP contribution in [0, 0.1) is 10.1 Å². The van der Waals surface area contributed by atoms with Crippen LogP contribution >= 0.6 is 0 Å². The van der Waals surface area contributed by atoms with Crippen LogP contribution in [0.5, 0.6) is 0 Å². The molecular weight excluding hydrogens is 264 g/mol. The van der Waals surface area contributed by atoms with Crippen LogP contribution in [-0.2, 0) is 4.74 Å². The number of hydrogen-bond donors (Lipinski definition) is 2. The number of nitrogens with zero attached hydrogens (tertiary/aromatic N) is 1. The predicted octanol–water partition coefficient (Wildman–Crippen LogP) is 0.863. The van der Waals surface area contributed by atoms with Gasteiger partial charge in [0.25, 0.3) is 0 Å². The average molecular weight is 280 g/mol. The third-order valence-corrected chi connectivity index (χ3v) is 3.15. The molecule has 1 atom stereocenters. The van der Waals surface area contributed by atoms with E-state index in [1.54, 1.807) is 0 Å². The summed E-state index contributed by atoms with van der Waals surface area (Å²) in [4.78, 5) is 20.9. The summed E-state index contributed by atoms with van der Waals surface area (Å²) in [6, 6.07) is 6.07. The van der Waals surface area contributed by atoms with Crippen molar-refractivity contribution in [3.8, 4) is 0 Å². The maximum absolute atomic E-state index is 11.1. The van der Waals surface area contributed by atoms with Crippen molar-refractivity contribution in [3.05, 3.63) is 45.5 Å². The van der Waals surface area contributed by atoms with Gasteiger partial charge in [0.15, 0.2) is 0 Å². The van der Waals surface area contributed by atoms with Crippen LogP contribution in [0.1, 0.15) is 35.0 Å². The van der Waals surface area contributed by atoms with Crippen molar-refractivity contribution in [3.63, 3.8) is 0 Å². The molecule has 20 heavy (non-hydrogen) atoms. The van der Waals surface area contributed by atoms with Gasteiger partial charge in [0.05, 0.1) is 22.2 Å². The molecule has 1 aromatic rings. The van der Waals surface area contributed by atoms with Crippen LogP contribution in [0.25, 0.3) is 0 Å². The molecule has 0 radical (unpaired) electrons. The van der Waals surface area contributed by atoms with E-state index < -0.39 is 17.1 Å². The van der Waals surface area contributed by atoms with E-state index in [0.717, 1.165) is 25.9 Å². The highest BCUT2D eigenvalue weighted by atomic mass is 16.7. The fourth-order valence-corrected chi connectivity index (χ4v) is 1.99. The lowest BCUT2D eigenvalue weighted by Crippen LogP contribution is -2.30. The maximum Gasteiger partial charge on any atom is 0.383 e. The zero-order chi connectivity index (χ0) is 14.5. The summed E-state index contributed by atoms with van der Waals surface area (Å²) in [7, 11) is 0. The number of benzene rings is 1. The number of nitrogens with one attached hydrogen (secondary N) is 1. The largest absolute Gasteiger partial charge is 0.393 e. The topological polar surface area (TPSA) is 102 Å². The Labute approximate surface area is 115 Å². The summed E-state index contributed by atoms with van der Waals surface area (Å²) in [5.41, 5.74) is 0.729. The number of carbonyl (C=O) groups excluding carboxylic acids is 1. The van der Waals surface area contributed by atoms with Gasteiger partial charge in [0.2, 0.25) is 0 Å². The summed E-state index contributed by atoms with van der Waals surface area (Å²) in [6.07, 6.45) is 0.473. The van der Waals surface area contributed by atoms with Gasteiger partial charge in [-0.05, 0) is 50.2 Å². The molecule has 0 amide bonds. The molecule has 108 valence electrons. The molecule has 2 N–H and O–H groups in total. The van der Waals surface area contributed by atoms with Crippen LogP contribution in [0.3, 0.4) is 0 Å². The Hall–Kier alpha value is -1.99. The number of piperidine rings is 1. The van der Waals surface area contributed by atoms with Gasteiger partial charge in [-0.3, -0.25) is 10.1 Å². The second-order valence-corrected chi connectivity index (χ2v) is 4.65. The summed E-state index contributed by atoms with van der Waals surface area (Å²) in [6.45, 7) is 1.97. The molecule has 2 bridgehead atoms. The van der Waals surface area contributed by atoms with Crippen molar-refractivity contribution in [2.24, 2.45) is 0 Å². The van der Waals surface area contributed by atoms with Crippen LogP contribution < -0.4 is 5.32 Å². The third kappa shape index (κ3) is 3.52. The SMILES string of the molecule is O=C1OC([N+](=O)[O-])c2ccc1cc2.OC1CCNCC1. The summed E-state index contributed by atoms with van der Waals surface area (Å²) < 4.78 is 4.62. The van der Waals surface area contributed by atoms with Crippen molar-refractivity contribution in [1.29, 1.82) is 0 Å². The second kappa shape index (κ2) is 6.44. The van der Waals surface area contributed by atoms with Crippen molar-refractivity contribution in [2.75, 3.05) is 13.1 Å². The van der Waals surface area contributed by atoms with E-state index >= 15 is 0 Å². The van der Waals surface area contributed by atoms with Crippen LogP contribution in [0.2, 0.25) is 0 Å². The Morgan fingerprint density at radius 3 is 2.30 bits per heavy atom. The number of rotatable bonds is 1. The molecule has 0 aliphatic carbocycles. The zero-order valence-corrected chi connectivity index (χ0v) is 10.8. The predicted molar refractivity (Wildman–Crippen MR) is 69.7 cm³/mol. The molecule has 7 heteroatoms. The molecule has 0 saturated carbocycles. The number of aliphatic hydroxyl groups excluding tert-OH is 1. The van der Waals surface area contributed by atoms with E-state index in [1.807, 2.05) is 0 Å². The van der Waals surface area contributed by atoms with Crippen molar-refractivity contribution in [2.45, 2.75) is 25.2 Å². The standard InChI is InChI=1S/C8H5NO4.C5H11NO/c10-8-6-3-1-5(2-4-6)7(13-8)9(11)12;7-5-1-3-6-4-2-5/h1-4,7H;5-7H,1-4H2. The minimum atomic E-state index is -1.36. The minimum absolute atomic E-state index is 0.0266. The van der Waals surface area contributed by atoms with Crippen LogP contribution in [0.4, 0.5) is 0 Å². The Morgan fingerprint density at radius 1 is 1.25 bits per heavy atom. The number of fused-ring (bicyclic) bond motifs is 4. The molecule has 3 heterocycles. The van der Waals surface area contributed by atoms with E-state index in [4.69, 9.17) is 5.11 Å². The summed E-state index contributed by atoms with van der Waals surface area (Å²) >= 11 is 0. The van der Waals surface area contributed by atoms with E-state index in [2.05, 4.69) is 10.1 Å². The first kappa shape index (κ1) is 14.4. The Morgan fingerprint density at radius 2 is 1.85 bits per heavy atom. The normalized spacial score (nSPS) is 21.4. The van der Waals surface area contributed by atoms with Crippen LogP contribution in [0.15, 0.2) is 24.3 Å². The number of ether oxygens (including phenoxy) is 1. The fourth-order valence-electron chi connectivity index (χ4n) is 1.99. The monoisotopic (exact) mass is 280 g/mol.